The number of piperidine rings is 1. The van der Waals surface area contributed by atoms with E-state index in [9.17, 15) is 19.7 Å². The van der Waals surface area contributed by atoms with Crippen molar-refractivity contribution in [1.82, 2.24) is 9.80 Å². The van der Waals surface area contributed by atoms with Crippen molar-refractivity contribution in [3.8, 4) is 0 Å². The van der Waals surface area contributed by atoms with Crippen molar-refractivity contribution in [3.05, 3.63) is 45.6 Å². The molecule has 0 aromatic heterocycles. The van der Waals surface area contributed by atoms with Gasteiger partial charge in [0.05, 0.1) is 10.5 Å². The van der Waals surface area contributed by atoms with Crippen LogP contribution in [0.5, 0.6) is 0 Å². The first-order valence-corrected chi connectivity index (χ1v) is 11.6. The van der Waals surface area contributed by atoms with Gasteiger partial charge in [0.15, 0.2) is 0 Å². The van der Waals surface area contributed by atoms with Crippen LogP contribution in [0.25, 0.3) is 5.57 Å². The first-order valence-electron chi connectivity index (χ1n) is 11.6. The highest BCUT2D eigenvalue weighted by molar-refractivity contribution is 6.35. The number of carbonyl (C=O) groups is 2. The monoisotopic (exact) mass is 425 g/mol. The number of hydrogen-bond donors (Lipinski definition) is 0. The Kier molecular flexibility index (Phi) is 6.39. The second kappa shape index (κ2) is 9.20. The summed E-state index contributed by atoms with van der Waals surface area (Å²) in [5, 5.41) is 11.1. The van der Waals surface area contributed by atoms with E-state index in [-0.39, 0.29) is 23.5 Å². The summed E-state index contributed by atoms with van der Waals surface area (Å²) in [6.45, 7) is 3.68. The molecule has 4 rings (SSSR count). The van der Waals surface area contributed by atoms with Crippen molar-refractivity contribution < 1.29 is 14.5 Å². The number of imide groups is 1. The van der Waals surface area contributed by atoms with Gasteiger partial charge in [-0.15, -0.1) is 0 Å². The first kappa shape index (κ1) is 21.5. The largest absolute Gasteiger partial charge is 0.366 e. The van der Waals surface area contributed by atoms with Crippen LogP contribution in [0.2, 0.25) is 0 Å². The van der Waals surface area contributed by atoms with Gasteiger partial charge in [-0.1, -0.05) is 39.0 Å². The van der Waals surface area contributed by atoms with E-state index in [1.165, 1.54) is 23.5 Å². The number of hydrogen-bond acceptors (Lipinski definition) is 5. The summed E-state index contributed by atoms with van der Waals surface area (Å²) in [4.78, 5) is 41.5. The second-order valence-corrected chi connectivity index (χ2v) is 9.20. The number of nitro benzene ring substituents is 1. The number of non-ortho nitro benzene ring substituents is 1. The minimum Gasteiger partial charge on any atom is -0.366 e. The molecule has 2 aliphatic heterocycles. The van der Waals surface area contributed by atoms with Gasteiger partial charge in [-0.25, -0.2) is 0 Å². The Bertz CT molecular complexity index is 885. The summed E-state index contributed by atoms with van der Waals surface area (Å²) in [5.41, 5.74) is 1.47. The Hall–Kier alpha value is -2.70. The van der Waals surface area contributed by atoms with E-state index in [0.717, 1.165) is 64.5 Å². The zero-order chi connectivity index (χ0) is 22.0. The maximum atomic E-state index is 13.7. The minimum atomic E-state index is -0.451. The zero-order valence-corrected chi connectivity index (χ0v) is 18.2. The van der Waals surface area contributed by atoms with Gasteiger partial charge in [-0.3, -0.25) is 24.6 Å². The van der Waals surface area contributed by atoms with Crippen molar-refractivity contribution in [2.45, 2.75) is 70.8 Å². The average Bonchev–Trinajstić information content (AvgIpc) is 2.98. The lowest BCUT2D eigenvalue weighted by molar-refractivity contribution is -0.384. The van der Waals surface area contributed by atoms with Crippen LogP contribution in [-0.2, 0) is 9.59 Å². The van der Waals surface area contributed by atoms with E-state index in [2.05, 4.69) is 11.8 Å². The van der Waals surface area contributed by atoms with Crippen LogP contribution < -0.4 is 0 Å². The van der Waals surface area contributed by atoms with Crippen molar-refractivity contribution >= 4 is 23.1 Å². The summed E-state index contributed by atoms with van der Waals surface area (Å²) in [7, 11) is 0. The molecule has 2 heterocycles. The molecule has 7 heteroatoms. The first-order chi connectivity index (χ1) is 15.0. The fourth-order valence-corrected chi connectivity index (χ4v) is 5.26. The van der Waals surface area contributed by atoms with Crippen LogP contribution in [0, 0.1) is 16.0 Å². The highest BCUT2D eigenvalue weighted by Crippen LogP contribution is 2.37. The molecule has 3 aliphatic rings. The highest BCUT2D eigenvalue weighted by Gasteiger charge is 2.45. The minimum absolute atomic E-state index is 0.0221. The molecule has 1 unspecified atom stereocenters. The maximum absolute atomic E-state index is 13.7. The summed E-state index contributed by atoms with van der Waals surface area (Å²) in [6, 6.07) is 5.97. The van der Waals surface area contributed by atoms with E-state index in [1.807, 2.05) is 0 Å². The topological polar surface area (TPSA) is 83.8 Å². The molecule has 2 fully saturated rings. The Labute approximate surface area is 183 Å². The molecule has 1 atom stereocenters. The van der Waals surface area contributed by atoms with Crippen molar-refractivity contribution in [1.29, 1.82) is 0 Å². The van der Waals surface area contributed by atoms with Crippen molar-refractivity contribution in [2.75, 3.05) is 13.1 Å². The fraction of sp³-hybridized carbons (Fsp3) is 0.583. The molecule has 7 nitrogen and oxygen atoms in total. The quantitative estimate of drug-likeness (QED) is 0.402. The van der Waals surface area contributed by atoms with E-state index in [1.54, 1.807) is 12.1 Å². The molecule has 31 heavy (non-hydrogen) atoms. The average molecular weight is 426 g/mol. The summed E-state index contributed by atoms with van der Waals surface area (Å²) in [5.74, 6) is 0.0355. The van der Waals surface area contributed by atoms with Gasteiger partial charge >= 0.3 is 0 Å². The Balaban J connectivity index is 1.72. The molecular formula is C24H31N3O4. The number of carbonyl (C=O) groups excluding carboxylic acids is 2. The van der Waals surface area contributed by atoms with Gasteiger partial charge in [0.1, 0.15) is 5.70 Å². The van der Waals surface area contributed by atoms with Crippen LogP contribution in [-0.4, -0.2) is 45.7 Å². The van der Waals surface area contributed by atoms with Gasteiger partial charge in [0.25, 0.3) is 17.5 Å². The predicted octanol–water partition coefficient (Wildman–Crippen LogP) is 4.52. The molecule has 0 radical (unpaired) electrons. The molecule has 0 N–H and O–H groups in total. The van der Waals surface area contributed by atoms with Crippen molar-refractivity contribution in [3.63, 3.8) is 0 Å². The molecule has 1 saturated carbocycles. The summed E-state index contributed by atoms with van der Waals surface area (Å²) >= 11 is 0. The van der Waals surface area contributed by atoms with Gasteiger partial charge in [0.2, 0.25) is 0 Å². The lowest BCUT2D eigenvalue weighted by Crippen LogP contribution is -2.44. The molecular weight excluding hydrogens is 394 g/mol. The molecule has 166 valence electrons. The standard InChI is InChI=1S/C24H31N3O4/c1-17-8-7-15-25(16-17)22-21(18-11-13-20(14-12-18)27(30)31)23(28)26(24(22)29)19-9-5-3-2-4-6-10-19/h11-14,17,19H,2-10,15-16H2,1H3. The number of benzene rings is 1. The van der Waals surface area contributed by atoms with Crippen molar-refractivity contribution in [2.24, 2.45) is 5.92 Å². The third kappa shape index (κ3) is 4.36. The number of nitro groups is 1. The third-order valence-corrected chi connectivity index (χ3v) is 6.87. The summed E-state index contributed by atoms with van der Waals surface area (Å²) < 4.78 is 0. The second-order valence-electron chi connectivity index (χ2n) is 9.20. The molecule has 1 aromatic carbocycles. The molecule has 1 saturated heterocycles. The van der Waals surface area contributed by atoms with Crippen LogP contribution >= 0.6 is 0 Å². The molecule has 1 aromatic rings. The number of amides is 2. The fourth-order valence-electron chi connectivity index (χ4n) is 5.26. The van der Waals surface area contributed by atoms with Gasteiger partial charge < -0.3 is 4.90 Å². The normalized spacial score (nSPS) is 23.8. The SMILES string of the molecule is CC1CCCN(C2=C(c3ccc([N+](=O)[O-])cc3)C(=O)N(C3CCCCCCC3)C2=O)C1. The van der Waals surface area contributed by atoms with E-state index in [0.29, 0.717) is 22.8 Å². The van der Waals surface area contributed by atoms with Gasteiger partial charge in [-0.05, 0) is 49.3 Å². The predicted molar refractivity (Wildman–Crippen MR) is 118 cm³/mol. The van der Waals surface area contributed by atoms with Crippen LogP contribution in [0.3, 0.4) is 0 Å². The lowest BCUT2D eigenvalue weighted by atomic mass is 9.95. The van der Waals surface area contributed by atoms with Crippen LogP contribution in [0.1, 0.15) is 70.3 Å². The molecule has 2 amide bonds. The number of rotatable bonds is 4. The van der Waals surface area contributed by atoms with Crippen LogP contribution in [0.4, 0.5) is 5.69 Å². The van der Waals surface area contributed by atoms with E-state index in [4.69, 9.17) is 0 Å². The molecule has 1 aliphatic carbocycles. The Morgan fingerprint density at radius 1 is 0.903 bits per heavy atom. The van der Waals surface area contributed by atoms with Gasteiger partial charge in [-0.2, -0.15) is 0 Å². The lowest BCUT2D eigenvalue weighted by Gasteiger charge is -2.34. The smallest absolute Gasteiger partial charge is 0.278 e. The number of nitrogens with zero attached hydrogens (tertiary/aromatic N) is 3. The molecule has 0 spiro atoms. The maximum Gasteiger partial charge on any atom is 0.278 e. The summed E-state index contributed by atoms with van der Waals surface area (Å²) in [6.07, 6.45) is 9.39. The van der Waals surface area contributed by atoms with E-state index < -0.39 is 4.92 Å². The molecule has 0 bridgehead atoms. The Morgan fingerprint density at radius 2 is 1.55 bits per heavy atom. The van der Waals surface area contributed by atoms with E-state index >= 15 is 0 Å². The van der Waals surface area contributed by atoms with Gasteiger partial charge in [0, 0.05) is 31.3 Å². The Morgan fingerprint density at radius 3 is 2.16 bits per heavy atom. The van der Waals surface area contributed by atoms with Crippen LogP contribution in [0.15, 0.2) is 30.0 Å². The number of likely N-dealkylation sites (tertiary alicyclic amines) is 1. The zero-order valence-electron chi connectivity index (χ0n) is 18.2. The highest BCUT2D eigenvalue weighted by atomic mass is 16.6. The third-order valence-electron chi connectivity index (χ3n) is 6.87.